The highest BCUT2D eigenvalue weighted by Gasteiger charge is 2.12. The summed E-state index contributed by atoms with van der Waals surface area (Å²) in [6, 6.07) is 2.28. The van der Waals surface area contributed by atoms with E-state index in [1.807, 2.05) is 22.7 Å². The van der Waals surface area contributed by atoms with Crippen molar-refractivity contribution in [3.63, 3.8) is 0 Å². The van der Waals surface area contributed by atoms with E-state index < -0.39 is 0 Å². The van der Waals surface area contributed by atoms with Gasteiger partial charge in [0.15, 0.2) is 0 Å². The van der Waals surface area contributed by atoms with Gasteiger partial charge in [0.25, 0.3) is 0 Å². The van der Waals surface area contributed by atoms with Crippen LogP contribution in [-0.2, 0) is 6.42 Å². The number of hydrogen-bond acceptors (Lipinski definition) is 2. The van der Waals surface area contributed by atoms with E-state index in [2.05, 4.69) is 44.8 Å². The molecule has 112 valence electrons. The van der Waals surface area contributed by atoms with Crippen molar-refractivity contribution < 1.29 is 0 Å². The molecule has 0 aliphatic rings. The lowest BCUT2D eigenvalue weighted by molar-refractivity contribution is 0.576. The molecule has 0 aliphatic heterocycles. The molecule has 0 unspecified atom stereocenters. The highest BCUT2D eigenvalue weighted by atomic mass is 79.9. The normalized spacial score (nSPS) is 11.6. The van der Waals surface area contributed by atoms with Crippen LogP contribution in [0.1, 0.15) is 63.9 Å². The molecule has 0 saturated carbocycles. The molecule has 20 heavy (non-hydrogen) atoms. The molecule has 0 bridgehead atoms. The topological polar surface area (TPSA) is 0 Å². The summed E-state index contributed by atoms with van der Waals surface area (Å²) in [6.07, 6.45) is 12.4. The van der Waals surface area contributed by atoms with Crippen LogP contribution in [0.25, 0.3) is 9.40 Å². The second-order valence-electron chi connectivity index (χ2n) is 5.33. The minimum atomic E-state index is 1.22. The Balaban J connectivity index is 1.71. The number of unbranched alkanes of at least 4 members (excludes halogenated alkanes) is 7. The zero-order valence-corrected chi connectivity index (χ0v) is 16.8. The summed E-state index contributed by atoms with van der Waals surface area (Å²) < 4.78 is 4.04. The fourth-order valence-electron chi connectivity index (χ4n) is 2.55. The van der Waals surface area contributed by atoms with E-state index in [-0.39, 0.29) is 0 Å². The van der Waals surface area contributed by atoms with Gasteiger partial charge >= 0.3 is 0 Å². The number of halogens is 2. The van der Waals surface area contributed by atoms with E-state index in [4.69, 9.17) is 0 Å². The van der Waals surface area contributed by atoms with Gasteiger partial charge in [-0.25, -0.2) is 0 Å². The number of rotatable bonds is 9. The molecule has 2 rings (SSSR count). The average molecular weight is 438 g/mol. The quantitative estimate of drug-likeness (QED) is 0.347. The van der Waals surface area contributed by atoms with E-state index in [0.717, 1.165) is 0 Å². The van der Waals surface area contributed by atoms with Crippen molar-refractivity contribution in [1.82, 2.24) is 0 Å². The lowest BCUT2D eigenvalue weighted by atomic mass is 10.0. The van der Waals surface area contributed by atoms with Crippen molar-refractivity contribution >= 4 is 63.9 Å². The van der Waals surface area contributed by atoms with Gasteiger partial charge in [-0.2, -0.15) is 0 Å². The molecule has 0 fully saturated rings. The fourth-order valence-corrected chi connectivity index (χ4v) is 6.93. The van der Waals surface area contributed by atoms with Gasteiger partial charge in [0.2, 0.25) is 0 Å². The third kappa shape index (κ3) is 4.82. The second kappa shape index (κ2) is 8.92. The zero-order valence-electron chi connectivity index (χ0n) is 12.0. The van der Waals surface area contributed by atoms with Crippen LogP contribution >= 0.6 is 54.5 Å². The Labute approximate surface area is 147 Å². The number of hydrogen-bond donors (Lipinski definition) is 0. The van der Waals surface area contributed by atoms with Gasteiger partial charge in [-0.15, -0.1) is 22.7 Å². The summed E-state index contributed by atoms with van der Waals surface area (Å²) in [4.78, 5) is 0. The van der Waals surface area contributed by atoms with Crippen LogP contribution in [0.5, 0.6) is 0 Å². The second-order valence-corrected chi connectivity index (χ2v) is 10.4. The van der Waals surface area contributed by atoms with Crippen LogP contribution in [0.2, 0.25) is 0 Å². The summed E-state index contributed by atoms with van der Waals surface area (Å²) >= 11 is 11.1. The van der Waals surface area contributed by atoms with Gasteiger partial charge in [0.05, 0.1) is 11.6 Å². The monoisotopic (exact) mass is 436 g/mol. The smallest absolute Gasteiger partial charge is 0.0891 e. The van der Waals surface area contributed by atoms with E-state index in [9.17, 15) is 0 Å². The first-order chi connectivity index (χ1) is 9.72. The van der Waals surface area contributed by atoms with E-state index in [0.29, 0.717) is 0 Å². The maximum atomic E-state index is 3.73. The SMILES string of the molecule is CCCCCCCCCCc1c(Br)sc2sc(Br)cc12. The van der Waals surface area contributed by atoms with E-state index in [1.54, 1.807) is 0 Å². The maximum absolute atomic E-state index is 3.73. The highest BCUT2D eigenvalue weighted by molar-refractivity contribution is 9.11. The van der Waals surface area contributed by atoms with E-state index >= 15 is 0 Å². The van der Waals surface area contributed by atoms with Crippen LogP contribution in [0.3, 0.4) is 0 Å². The molecule has 0 N–H and O–H groups in total. The Morgan fingerprint density at radius 3 is 2.25 bits per heavy atom. The van der Waals surface area contributed by atoms with Gasteiger partial charge in [0, 0.05) is 5.39 Å². The van der Waals surface area contributed by atoms with Crippen molar-refractivity contribution in [2.75, 3.05) is 0 Å². The van der Waals surface area contributed by atoms with Crippen molar-refractivity contribution in [3.8, 4) is 0 Å². The Morgan fingerprint density at radius 2 is 1.55 bits per heavy atom. The lowest BCUT2D eigenvalue weighted by Gasteiger charge is -2.02. The Morgan fingerprint density at radius 1 is 0.900 bits per heavy atom. The van der Waals surface area contributed by atoms with Crippen LogP contribution in [0.15, 0.2) is 13.6 Å². The first kappa shape index (κ1) is 17.0. The summed E-state index contributed by atoms with van der Waals surface area (Å²) in [5.41, 5.74) is 1.53. The molecule has 0 amide bonds. The zero-order chi connectivity index (χ0) is 14.4. The van der Waals surface area contributed by atoms with Crippen molar-refractivity contribution in [3.05, 3.63) is 19.2 Å². The summed E-state index contributed by atoms with van der Waals surface area (Å²) in [6.45, 7) is 2.28. The van der Waals surface area contributed by atoms with Gasteiger partial charge in [0.1, 0.15) is 0 Å². The van der Waals surface area contributed by atoms with Crippen LogP contribution in [0.4, 0.5) is 0 Å². The van der Waals surface area contributed by atoms with Crippen LogP contribution < -0.4 is 0 Å². The van der Waals surface area contributed by atoms with Crippen molar-refractivity contribution in [1.29, 1.82) is 0 Å². The average Bonchev–Trinajstić information content (AvgIpc) is 2.89. The first-order valence-electron chi connectivity index (χ1n) is 7.58. The summed E-state index contributed by atoms with van der Waals surface area (Å²) in [7, 11) is 0. The molecule has 0 nitrogen and oxygen atoms in total. The maximum Gasteiger partial charge on any atom is 0.0891 e. The summed E-state index contributed by atoms with van der Waals surface area (Å²) in [5, 5.41) is 1.46. The predicted molar refractivity (Wildman–Crippen MR) is 101 cm³/mol. The Hall–Kier alpha value is 0.620. The molecule has 2 heterocycles. The molecule has 0 saturated heterocycles. The third-order valence-corrected chi connectivity index (χ3v) is 7.42. The predicted octanol–water partition coefficient (Wildman–Crippen LogP) is 8.17. The number of thiophene rings is 2. The van der Waals surface area contributed by atoms with Crippen molar-refractivity contribution in [2.45, 2.75) is 64.7 Å². The van der Waals surface area contributed by atoms with Gasteiger partial charge in [-0.3, -0.25) is 0 Å². The van der Waals surface area contributed by atoms with Crippen LogP contribution in [-0.4, -0.2) is 0 Å². The van der Waals surface area contributed by atoms with Crippen molar-refractivity contribution in [2.24, 2.45) is 0 Å². The minimum absolute atomic E-state index is 1.22. The molecule has 4 heteroatoms. The Bertz CT molecular complexity index is 528. The van der Waals surface area contributed by atoms with E-state index in [1.165, 1.54) is 80.3 Å². The fraction of sp³-hybridized carbons (Fsp3) is 0.625. The minimum Gasteiger partial charge on any atom is -0.117 e. The standard InChI is InChI=1S/C16H22Br2S2/c1-2-3-4-5-6-7-8-9-10-12-13-11-14(17)19-16(13)20-15(12)18/h11H,2-10H2,1H3. The van der Waals surface area contributed by atoms with Crippen LogP contribution in [0, 0.1) is 0 Å². The van der Waals surface area contributed by atoms with Gasteiger partial charge < -0.3 is 0 Å². The number of aryl methyl sites for hydroxylation is 1. The molecule has 2 aromatic heterocycles. The Kier molecular flexibility index (Phi) is 7.57. The third-order valence-electron chi connectivity index (χ3n) is 3.69. The summed E-state index contributed by atoms with van der Waals surface area (Å²) in [5.74, 6) is 0. The highest BCUT2D eigenvalue weighted by Crippen LogP contribution is 2.42. The molecule has 2 aromatic rings. The molecule has 0 aliphatic carbocycles. The largest absolute Gasteiger partial charge is 0.117 e. The molecule has 0 spiro atoms. The molecule has 0 atom stereocenters. The number of fused-ring (bicyclic) bond motifs is 1. The first-order valence-corrected chi connectivity index (χ1v) is 10.8. The molecular weight excluding hydrogens is 416 g/mol. The van der Waals surface area contributed by atoms with Gasteiger partial charge in [-0.1, -0.05) is 51.9 Å². The molecule has 0 radical (unpaired) electrons. The lowest BCUT2D eigenvalue weighted by Crippen LogP contribution is -1.86. The molecular formula is C16H22Br2S2. The molecule has 0 aromatic carbocycles. The van der Waals surface area contributed by atoms with Gasteiger partial charge in [-0.05, 0) is 56.3 Å².